The molecule has 0 spiro atoms. The van der Waals surface area contributed by atoms with E-state index in [0.29, 0.717) is 6.29 Å². The van der Waals surface area contributed by atoms with Gasteiger partial charge < -0.3 is 5.73 Å². The fourth-order valence-corrected chi connectivity index (χ4v) is 2.25. The first-order chi connectivity index (χ1) is 7.51. The number of carbonyl (C=O) groups is 2. The van der Waals surface area contributed by atoms with E-state index >= 15 is 0 Å². The average molecular weight is 242 g/mol. The van der Waals surface area contributed by atoms with Gasteiger partial charge in [-0.05, 0) is 6.07 Å². The molecule has 0 unspecified atom stereocenters. The summed E-state index contributed by atoms with van der Waals surface area (Å²) >= 11 is 0. The Morgan fingerprint density at radius 2 is 2.00 bits per heavy atom. The van der Waals surface area contributed by atoms with Gasteiger partial charge in [0.1, 0.15) is 0 Å². The Bertz CT molecular complexity index is 510. The third-order valence-corrected chi connectivity index (χ3v) is 3.22. The molecule has 0 atom stereocenters. The highest BCUT2D eigenvalue weighted by atomic mass is 32.2. The zero-order valence-electron chi connectivity index (χ0n) is 8.21. The van der Waals surface area contributed by atoms with Crippen molar-refractivity contribution in [1.82, 2.24) is 4.72 Å². The van der Waals surface area contributed by atoms with E-state index in [2.05, 4.69) is 0 Å². The van der Waals surface area contributed by atoms with Crippen LogP contribution >= 0.6 is 0 Å². The zero-order valence-corrected chi connectivity index (χ0v) is 9.03. The molecule has 0 saturated carbocycles. The smallest absolute Gasteiger partial charge is 0.264 e. The molecule has 7 heteroatoms. The SMILES string of the molecule is NCC(=O)NS(=O)(=O)c1ccccc1C=O. The molecule has 1 aromatic rings. The van der Waals surface area contributed by atoms with Crippen LogP contribution in [0, 0.1) is 0 Å². The van der Waals surface area contributed by atoms with Crippen molar-refractivity contribution in [1.29, 1.82) is 0 Å². The van der Waals surface area contributed by atoms with Crippen molar-refractivity contribution in [2.24, 2.45) is 5.73 Å². The summed E-state index contributed by atoms with van der Waals surface area (Å²) in [4.78, 5) is 21.3. The molecule has 0 bridgehead atoms. The van der Waals surface area contributed by atoms with E-state index < -0.39 is 22.5 Å². The first-order valence-corrected chi connectivity index (χ1v) is 5.79. The normalized spacial score (nSPS) is 10.8. The van der Waals surface area contributed by atoms with Gasteiger partial charge in [-0.2, -0.15) is 0 Å². The van der Waals surface area contributed by atoms with Crippen LogP contribution in [0.25, 0.3) is 0 Å². The molecule has 1 amide bonds. The first-order valence-electron chi connectivity index (χ1n) is 4.31. The summed E-state index contributed by atoms with van der Waals surface area (Å²) in [6.45, 7) is -0.442. The van der Waals surface area contributed by atoms with E-state index in [-0.39, 0.29) is 10.5 Å². The van der Waals surface area contributed by atoms with E-state index in [1.54, 1.807) is 4.72 Å². The number of nitrogens with one attached hydrogen (secondary N) is 1. The minimum Gasteiger partial charge on any atom is -0.322 e. The lowest BCUT2D eigenvalue weighted by molar-refractivity contribution is -0.118. The number of nitrogens with two attached hydrogens (primary N) is 1. The summed E-state index contributed by atoms with van der Waals surface area (Å²) in [6.07, 6.45) is 0.404. The van der Waals surface area contributed by atoms with Crippen LogP contribution < -0.4 is 10.5 Å². The van der Waals surface area contributed by atoms with Crippen molar-refractivity contribution in [3.63, 3.8) is 0 Å². The third-order valence-electron chi connectivity index (χ3n) is 1.77. The Morgan fingerprint density at radius 1 is 1.38 bits per heavy atom. The molecule has 0 aromatic heterocycles. The Labute approximate surface area is 92.5 Å². The topological polar surface area (TPSA) is 106 Å². The van der Waals surface area contributed by atoms with E-state index in [9.17, 15) is 18.0 Å². The van der Waals surface area contributed by atoms with Crippen LogP contribution in [0.2, 0.25) is 0 Å². The van der Waals surface area contributed by atoms with Gasteiger partial charge in [-0.1, -0.05) is 18.2 Å². The van der Waals surface area contributed by atoms with Gasteiger partial charge in [-0.15, -0.1) is 0 Å². The second-order valence-electron chi connectivity index (χ2n) is 2.89. The molecule has 0 radical (unpaired) electrons. The summed E-state index contributed by atoms with van der Waals surface area (Å²) in [5.74, 6) is -0.833. The summed E-state index contributed by atoms with van der Waals surface area (Å²) in [5.41, 5.74) is 4.97. The molecule has 0 aliphatic heterocycles. The average Bonchev–Trinajstić information content (AvgIpc) is 2.28. The molecule has 3 N–H and O–H groups in total. The highest BCUT2D eigenvalue weighted by molar-refractivity contribution is 7.90. The van der Waals surface area contributed by atoms with Gasteiger partial charge in [0.2, 0.25) is 5.91 Å². The first kappa shape index (κ1) is 12.3. The largest absolute Gasteiger partial charge is 0.322 e. The molecule has 6 nitrogen and oxygen atoms in total. The predicted octanol–water partition coefficient (Wildman–Crippen LogP) is -0.737. The number of hydrogen-bond donors (Lipinski definition) is 2. The van der Waals surface area contributed by atoms with Crippen molar-refractivity contribution < 1.29 is 18.0 Å². The van der Waals surface area contributed by atoms with Crippen LogP contribution in [0.1, 0.15) is 10.4 Å². The maximum atomic E-state index is 11.6. The minimum absolute atomic E-state index is 0.0141. The van der Waals surface area contributed by atoms with Crippen LogP contribution in [0.5, 0.6) is 0 Å². The Hall–Kier alpha value is -1.73. The highest BCUT2D eigenvalue weighted by Gasteiger charge is 2.19. The Morgan fingerprint density at radius 3 is 2.56 bits per heavy atom. The van der Waals surface area contributed by atoms with Crippen molar-refractivity contribution in [3.05, 3.63) is 29.8 Å². The van der Waals surface area contributed by atoms with Crippen LogP contribution in [-0.2, 0) is 14.8 Å². The highest BCUT2D eigenvalue weighted by Crippen LogP contribution is 2.12. The minimum atomic E-state index is -4.03. The number of amides is 1. The number of hydrogen-bond acceptors (Lipinski definition) is 5. The summed E-state index contributed by atoms with van der Waals surface area (Å²) < 4.78 is 25.0. The number of sulfonamides is 1. The molecule has 0 heterocycles. The summed E-state index contributed by atoms with van der Waals surface area (Å²) in [7, 11) is -4.03. The fraction of sp³-hybridized carbons (Fsp3) is 0.111. The van der Waals surface area contributed by atoms with Crippen molar-refractivity contribution in [2.45, 2.75) is 4.90 Å². The molecule has 0 fully saturated rings. The number of aldehydes is 1. The van der Waals surface area contributed by atoms with Crippen molar-refractivity contribution in [3.8, 4) is 0 Å². The van der Waals surface area contributed by atoms with Crippen LogP contribution in [0.3, 0.4) is 0 Å². The van der Waals surface area contributed by atoms with Gasteiger partial charge in [-0.3, -0.25) is 9.59 Å². The zero-order chi connectivity index (χ0) is 12.2. The van der Waals surface area contributed by atoms with Crippen LogP contribution in [0.15, 0.2) is 29.2 Å². The van der Waals surface area contributed by atoms with Gasteiger partial charge in [0.15, 0.2) is 6.29 Å². The van der Waals surface area contributed by atoms with E-state index in [0.717, 1.165) is 0 Å². The van der Waals surface area contributed by atoms with Gasteiger partial charge in [-0.25, -0.2) is 13.1 Å². The van der Waals surface area contributed by atoms with E-state index in [1.807, 2.05) is 0 Å². The van der Waals surface area contributed by atoms with Gasteiger partial charge in [0.25, 0.3) is 10.0 Å². The quantitative estimate of drug-likeness (QED) is 0.676. The van der Waals surface area contributed by atoms with Crippen LogP contribution in [0.4, 0.5) is 0 Å². The number of carbonyl (C=O) groups excluding carboxylic acids is 2. The predicted molar refractivity (Wildman–Crippen MR) is 56.2 cm³/mol. The second-order valence-corrected chi connectivity index (χ2v) is 4.54. The Kier molecular flexibility index (Phi) is 3.75. The lowest BCUT2D eigenvalue weighted by atomic mass is 10.2. The summed E-state index contributed by atoms with van der Waals surface area (Å²) in [5, 5.41) is 0. The molecule has 0 aliphatic rings. The monoisotopic (exact) mass is 242 g/mol. The molecular weight excluding hydrogens is 232 g/mol. The fourth-order valence-electron chi connectivity index (χ4n) is 1.07. The van der Waals surface area contributed by atoms with Crippen LogP contribution in [-0.4, -0.2) is 27.2 Å². The molecule has 1 rings (SSSR count). The van der Waals surface area contributed by atoms with E-state index in [4.69, 9.17) is 5.73 Å². The Balaban J connectivity index is 3.17. The van der Waals surface area contributed by atoms with Gasteiger partial charge in [0.05, 0.1) is 11.4 Å². The molecular formula is C9H10N2O4S. The third kappa shape index (κ3) is 2.65. The maximum Gasteiger partial charge on any atom is 0.264 e. The van der Waals surface area contributed by atoms with Gasteiger partial charge in [0, 0.05) is 5.56 Å². The molecule has 1 aromatic carbocycles. The molecule has 86 valence electrons. The molecule has 16 heavy (non-hydrogen) atoms. The lowest BCUT2D eigenvalue weighted by Crippen LogP contribution is -2.35. The van der Waals surface area contributed by atoms with Crippen molar-refractivity contribution in [2.75, 3.05) is 6.54 Å². The molecule has 0 aliphatic carbocycles. The van der Waals surface area contributed by atoms with Crippen molar-refractivity contribution >= 4 is 22.2 Å². The maximum absolute atomic E-state index is 11.6. The second kappa shape index (κ2) is 4.86. The number of rotatable bonds is 4. The van der Waals surface area contributed by atoms with Gasteiger partial charge >= 0.3 is 0 Å². The number of benzene rings is 1. The lowest BCUT2D eigenvalue weighted by Gasteiger charge is -2.07. The standard InChI is InChI=1S/C9H10N2O4S/c10-5-9(13)11-16(14,15)8-4-2-1-3-7(8)6-12/h1-4,6H,5,10H2,(H,11,13). The molecule has 0 saturated heterocycles. The summed E-state index contributed by atoms with van der Waals surface area (Å²) in [6, 6.07) is 5.55. The van der Waals surface area contributed by atoms with E-state index in [1.165, 1.54) is 24.3 Å².